The molecule has 2 heterocycles. The number of imide groups is 1. The lowest BCUT2D eigenvalue weighted by Crippen LogP contribution is -2.41. The Labute approximate surface area is 150 Å². The van der Waals surface area contributed by atoms with Gasteiger partial charge < -0.3 is 19.2 Å². The standard InChI is InChI=1S/C18H20N2O6/c1-3-24-10-13-12-6-4-5-7-14(12)26-15(13)17(22)25-11(2)16(21)20-9-8-19-18(20)23/h4-7,11H,3,8-10H2,1-2H3,(H,19,23)/t11-/m1/s1. The molecule has 26 heavy (non-hydrogen) atoms. The van der Waals surface area contributed by atoms with Crippen LogP contribution in [0.15, 0.2) is 28.7 Å². The van der Waals surface area contributed by atoms with Crippen molar-refractivity contribution < 1.29 is 28.3 Å². The van der Waals surface area contributed by atoms with Crippen LogP contribution >= 0.6 is 0 Å². The number of furan rings is 1. The fourth-order valence-corrected chi connectivity index (χ4v) is 2.78. The number of fused-ring (bicyclic) bond motifs is 1. The first kappa shape index (κ1) is 17.9. The van der Waals surface area contributed by atoms with Crippen LogP contribution in [0.2, 0.25) is 0 Å². The second kappa shape index (κ2) is 7.57. The molecule has 1 aliphatic heterocycles. The summed E-state index contributed by atoms with van der Waals surface area (Å²) in [5, 5.41) is 3.29. The molecule has 1 aromatic carbocycles. The predicted molar refractivity (Wildman–Crippen MR) is 91.5 cm³/mol. The normalized spacial score (nSPS) is 15.2. The number of amides is 3. The molecule has 8 nitrogen and oxygen atoms in total. The minimum atomic E-state index is -1.11. The number of nitrogens with zero attached hydrogens (tertiary/aromatic N) is 1. The average molecular weight is 360 g/mol. The van der Waals surface area contributed by atoms with Crippen molar-refractivity contribution in [2.24, 2.45) is 0 Å². The quantitative estimate of drug-likeness (QED) is 0.792. The summed E-state index contributed by atoms with van der Waals surface area (Å²) in [7, 11) is 0. The van der Waals surface area contributed by atoms with Gasteiger partial charge in [0.15, 0.2) is 6.10 Å². The third-order valence-corrected chi connectivity index (χ3v) is 4.09. The van der Waals surface area contributed by atoms with E-state index in [4.69, 9.17) is 13.9 Å². The van der Waals surface area contributed by atoms with Crippen molar-refractivity contribution in [3.63, 3.8) is 0 Å². The predicted octanol–water partition coefficient (Wildman–Crippen LogP) is 2.07. The second-order valence-corrected chi connectivity index (χ2v) is 5.81. The summed E-state index contributed by atoms with van der Waals surface area (Å²) in [6.45, 7) is 4.58. The lowest BCUT2D eigenvalue weighted by atomic mass is 10.1. The van der Waals surface area contributed by atoms with Gasteiger partial charge in [-0.1, -0.05) is 18.2 Å². The van der Waals surface area contributed by atoms with Gasteiger partial charge in [-0.3, -0.25) is 9.69 Å². The van der Waals surface area contributed by atoms with E-state index in [9.17, 15) is 14.4 Å². The highest BCUT2D eigenvalue weighted by molar-refractivity contribution is 6.00. The molecule has 3 amide bonds. The lowest BCUT2D eigenvalue weighted by Gasteiger charge is -2.17. The van der Waals surface area contributed by atoms with Crippen LogP contribution in [0.3, 0.4) is 0 Å². The molecule has 0 radical (unpaired) electrons. The van der Waals surface area contributed by atoms with Crippen molar-refractivity contribution >= 4 is 28.9 Å². The Morgan fingerprint density at radius 1 is 1.35 bits per heavy atom. The first-order valence-corrected chi connectivity index (χ1v) is 8.41. The van der Waals surface area contributed by atoms with Gasteiger partial charge >= 0.3 is 12.0 Å². The highest BCUT2D eigenvalue weighted by Crippen LogP contribution is 2.27. The zero-order valence-electron chi connectivity index (χ0n) is 14.6. The number of carbonyl (C=O) groups is 3. The van der Waals surface area contributed by atoms with Crippen molar-refractivity contribution in [1.82, 2.24) is 10.2 Å². The van der Waals surface area contributed by atoms with Gasteiger partial charge in [0.05, 0.1) is 6.61 Å². The van der Waals surface area contributed by atoms with E-state index in [1.54, 1.807) is 12.1 Å². The van der Waals surface area contributed by atoms with Crippen LogP contribution in [0.4, 0.5) is 4.79 Å². The molecule has 0 bridgehead atoms. The molecule has 1 N–H and O–H groups in total. The van der Waals surface area contributed by atoms with Crippen molar-refractivity contribution in [3.8, 4) is 0 Å². The zero-order valence-corrected chi connectivity index (χ0v) is 14.6. The summed E-state index contributed by atoms with van der Waals surface area (Å²) in [6, 6.07) is 6.71. The van der Waals surface area contributed by atoms with E-state index in [1.807, 2.05) is 19.1 Å². The van der Waals surface area contributed by atoms with Crippen LogP contribution in [-0.2, 0) is 20.9 Å². The van der Waals surface area contributed by atoms with E-state index in [2.05, 4.69) is 5.32 Å². The Kier molecular flexibility index (Phi) is 5.22. The molecule has 1 saturated heterocycles. The number of rotatable bonds is 6. The van der Waals surface area contributed by atoms with Gasteiger partial charge in [0.1, 0.15) is 5.58 Å². The number of esters is 1. The van der Waals surface area contributed by atoms with E-state index >= 15 is 0 Å². The molecular formula is C18H20N2O6. The van der Waals surface area contributed by atoms with Crippen LogP contribution in [0.1, 0.15) is 30.0 Å². The fourth-order valence-electron chi connectivity index (χ4n) is 2.78. The fraction of sp³-hybridized carbons (Fsp3) is 0.389. The van der Waals surface area contributed by atoms with Crippen LogP contribution < -0.4 is 5.32 Å². The molecule has 1 aromatic heterocycles. The summed E-state index contributed by atoms with van der Waals surface area (Å²) >= 11 is 0. The van der Waals surface area contributed by atoms with Crippen LogP contribution in [0, 0.1) is 0 Å². The van der Waals surface area contributed by atoms with E-state index in [0.29, 0.717) is 24.3 Å². The van der Waals surface area contributed by atoms with Gasteiger partial charge in [-0.05, 0) is 19.9 Å². The number of carbonyl (C=O) groups excluding carboxylic acids is 3. The molecule has 2 aromatic rings. The van der Waals surface area contributed by atoms with Crippen molar-refractivity contribution in [3.05, 3.63) is 35.6 Å². The highest BCUT2D eigenvalue weighted by Gasteiger charge is 2.33. The summed E-state index contributed by atoms with van der Waals surface area (Å²) in [5.74, 6) is -1.34. The first-order chi connectivity index (χ1) is 12.5. The number of urea groups is 1. The number of hydrogen-bond acceptors (Lipinski definition) is 6. The molecule has 0 saturated carbocycles. The third kappa shape index (κ3) is 3.41. The van der Waals surface area contributed by atoms with Gasteiger partial charge in [-0.25, -0.2) is 9.59 Å². The third-order valence-electron chi connectivity index (χ3n) is 4.09. The Morgan fingerprint density at radius 3 is 2.81 bits per heavy atom. The zero-order chi connectivity index (χ0) is 18.7. The second-order valence-electron chi connectivity index (χ2n) is 5.81. The van der Waals surface area contributed by atoms with Gasteiger partial charge in [0.2, 0.25) is 5.76 Å². The Balaban J connectivity index is 1.80. The van der Waals surface area contributed by atoms with Crippen LogP contribution in [-0.4, -0.2) is 48.6 Å². The Bertz CT molecular complexity index is 843. The van der Waals surface area contributed by atoms with E-state index in [1.165, 1.54) is 6.92 Å². The SMILES string of the molecule is CCOCc1c(C(=O)O[C@H](C)C(=O)N2CCNC2=O)oc2ccccc12. The molecule has 8 heteroatoms. The van der Waals surface area contributed by atoms with Crippen molar-refractivity contribution in [2.75, 3.05) is 19.7 Å². The molecular weight excluding hydrogens is 340 g/mol. The molecule has 138 valence electrons. The van der Waals surface area contributed by atoms with E-state index in [-0.39, 0.29) is 18.9 Å². The Morgan fingerprint density at radius 2 is 2.12 bits per heavy atom. The number of ether oxygens (including phenoxy) is 2. The summed E-state index contributed by atoms with van der Waals surface area (Å²) < 4.78 is 16.3. The molecule has 3 rings (SSSR count). The topological polar surface area (TPSA) is 98.1 Å². The molecule has 1 aliphatic rings. The van der Waals surface area contributed by atoms with Crippen LogP contribution in [0.5, 0.6) is 0 Å². The lowest BCUT2D eigenvalue weighted by molar-refractivity contribution is -0.136. The Hall–Kier alpha value is -2.87. The minimum absolute atomic E-state index is 0.00479. The number of hydrogen-bond donors (Lipinski definition) is 1. The minimum Gasteiger partial charge on any atom is -0.449 e. The number of para-hydroxylation sites is 1. The molecule has 0 spiro atoms. The van der Waals surface area contributed by atoms with E-state index in [0.717, 1.165) is 10.3 Å². The maximum Gasteiger partial charge on any atom is 0.375 e. The van der Waals surface area contributed by atoms with Gasteiger partial charge in [0.25, 0.3) is 5.91 Å². The van der Waals surface area contributed by atoms with Crippen molar-refractivity contribution in [1.29, 1.82) is 0 Å². The maximum atomic E-state index is 12.6. The molecule has 1 fully saturated rings. The summed E-state index contributed by atoms with van der Waals surface area (Å²) in [6.07, 6.45) is -1.11. The average Bonchev–Trinajstić information content (AvgIpc) is 3.22. The summed E-state index contributed by atoms with van der Waals surface area (Å²) in [4.78, 5) is 37.5. The van der Waals surface area contributed by atoms with Crippen LogP contribution in [0.25, 0.3) is 11.0 Å². The maximum absolute atomic E-state index is 12.6. The molecule has 0 unspecified atom stereocenters. The van der Waals surface area contributed by atoms with E-state index < -0.39 is 24.0 Å². The molecule has 1 atom stereocenters. The number of nitrogens with one attached hydrogen (secondary N) is 1. The highest BCUT2D eigenvalue weighted by atomic mass is 16.6. The monoisotopic (exact) mass is 360 g/mol. The molecule has 0 aliphatic carbocycles. The van der Waals surface area contributed by atoms with Gasteiger partial charge in [0, 0.05) is 30.6 Å². The van der Waals surface area contributed by atoms with Gasteiger partial charge in [-0.2, -0.15) is 0 Å². The largest absolute Gasteiger partial charge is 0.449 e. The van der Waals surface area contributed by atoms with Gasteiger partial charge in [-0.15, -0.1) is 0 Å². The first-order valence-electron chi connectivity index (χ1n) is 8.41. The smallest absolute Gasteiger partial charge is 0.375 e. The number of benzene rings is 1. The van der Waals surface area contributed by atoms with Crippen molar-refractivity contribution in [2.45, 2.75) is 26.6 Å². The summed E-state index contributed by atoms with van der Waals surface area (Å²) in [5.41, 5.74) is 1.11.